The topological polar surface area (TPSA) is 38.0 Å². The third-order valence-electron chi connectivity index (χ3n) is 2.04. The molecule has 1 saturated carbocycles. The second-order valence-electron chi connectivity index (χ2n) is 3.17. The summed E-state index contributed by atoms with van der Waals surface area (Å²) < 4.78 is 0. The van der Waals surface area contributed by atoms with Gasteiger partial charge in [-0.05, 0) is 31.7 Å². The van der Waals surface area contributed by atoms with Crippen LogP contribution >= 0.6 is 0 Å². The number of hydrogen-bond acceptors (Lipinski definition) is 2. The Labute approximate surface area is 63.2 Å². The minimum absolute atomic E-state index is 0.284. The van der Waals surface area contributed by atoms with Crippen molar-refractivity contribution in [2.75, 3.05) is 6.54 Å². The highest BCUT2D eigenvalue weighted by molar-refractivity contribution is 4.81. The van der Waals surface area contributed by atoms with Gasteiger partial charge in [0.2, 0.25) is 0 Å². The van der Waals surface area contributed by atoms with E-state index in [1.165, 1.54) is 25.7 Å². The minimum atomic E-state index is 0.284. The molecule has 0 saturated heterocycles. The summed E-state index contributed by atoms with van der Waals surface area (Å²) in [7, 11) is 0. The number of nitrogens with one attached hydrogen (secondary N) is 1. The Morgan fingerprint density at radius 1 is 1.60 bits per heavy atom. The Morgan fingerprint density at radius 2 is 2.30 bits per heavy atom. The summed E-state index contributed by atoms with van der Waals surface area (Å²) >= 11 is 0. The number of hydrogen-bond donors (Lipinski definition) is 2. The van der Waals surface area contributed by atoms with Gasteiger partial charge in [0, 0.05) is 0 Å². The van der Waals surface area contributed by atoms with E-state index >= 15 is 0 Å². The van der Waals surface area contributed by atoms with Crippen LogP contribution in [0.25, 0.3) is 0 Å². The lowest BCUT2D eigenvalue weighted by Crippen LogP contribution is -2.39. The van der Waals surface area contributed by atoms with Crippen molar-refractivity contribution in [3.63, 3.8) is 0 Å². The predicted molar refractivity (Wildman–Crippen MR) is 43.6 cm³/mol. The molecule has 2 heteroatoms. The molecule has 0 heterocycles. The monoisotopic (exact) mass is 142 g/mol. The van der Waals surface area contributed by atoms with Crippen molar-refractivity contribution in [3.05, 3.63) is 0 Å². The molecule has 1 aliphatic rings. The zero-order valence-corrected chi connectivity index (χ0v) is 6.77. The Bertz CT molecular complexity index is 89.3. The molecule has 0 bridgehead atoms. The van der Waals surface area contributed by atoms with E-state index < -0.39 is 0 Å². The van der Waals surface area contributed by atoms with Gasteiger partial charge in [-0.1, -0.05) is 13.3 Å². The molecule has 2 nitrogen and oxygen atoms in total. The van der Waals surface area contributed by atoms with E-state index in [9.17, 15) is 0 Å². The van der Waals surface area contributed by atoms with Crippen LogP contribution in [0, 0.1) is 5.92 Å². The molecule has 0 aromatic carbocycles. The van der Waals surface area contributed by atoms with E-state index in [1.54, 1.807) is 0 Å². The van der Waals surface area contributed by atoms with E-state index in [4.69, 9.17) is 5.73 Å². The Balaban J connectivity index is 1.90. The molecule has 0 radical (unpaired) electrons. The smallest absolute Gasteiger partial charge is 0.0575 e. The van der Waals surface area contributed by atoms with Crippen molar-refractivity contribution < 1.29 is 0 Å². The van der Waals surface area contributed by atoms with Crippen LogP contribution in [-0.4, -0.2) is 12.7 Å². The number of rotatable bonds is 5. The second-order valence-corrected chi connectivity index (χ2v) is 3.17. The minimum Gasteiger partial charge on any atom is -0.316 e. The van der Waals surface area contributed by atoms with Crippen LogP contribution in [0.1, 0.15) is 32.6 Å². The third kappa shape index (κ3) is 2.67. The van der Waals surface area contributed by atoms with E-state index in [1.807, 2.05) is 0 Å². The van der Waals surface area contributed by atoms with Crippen molar-refractivity contribution in [1.82, 2.24) is 5.32 Å². The molecule has 60 valence electrons. The van der Waals surface area contributed by atoms with Crippen LogP contribution in [0.4, 0.5) is 0 Å². The fourth-order valence-corrected chi connectivity index (χ4v) is 1.07. The van der Waals surface area contributed by atoms with Crippen LogP contribution in [-0.2, 0) is 0 Å². The summed E-state index contributed by atoms with van der Waals surface area (Å²) in [5.74, 6) is 0.789. The normalized spacial score (nSPS) is 21.0. The first-order valence-corrected chi connectivity index (χ1v) is 4.33. The molecule has 10 heavy (non-hydrogen) atoms. The zero-order valence-electron chi connectivity index (χ0n) is 6.77. The van der Waals surface area contributed by atoms with Crippen molar-refractivity contribution >= 4 is 0 Å². The predicted octanol–water partition coefficient (Wildman–Crippen LogP) is 1.07. The highest BCUT2D eigenvalue weighted by Gasteiger charge is 2.27. The van der Waals surface area contributed by atoms with Gasteiger partial charge in [0.05, 0.1) is 6.17 Å². The van der Waals surface area contributed by atoms with Crippen LogP contribution in [0.3, 0.4) is 0 Å². The van der Waals surface area contributed by atoms with Gasteiger partial charge >= 0.3 is 0 Å². The SMILES string of the molecule is CCCCNC(N)C1CC1. The molecule has 1 aliphatic carbocycles. The maximum atomic E-state index is 5.81. The molecular weight excluding hydrogens is 124 g/mol. The van der Waals surface area contributed by atoms with Crippen LogP contribution < -0.4 is 11.1 Å². The Morgan fingerprint density at radius 3 is 2.80 bits per heavy atom. The van der Waals surface area contributed by atoms with Gasteiger partial charge in [-0.2, -0.15) is 0 Å². The summed E-state index contributed by atoms with van der Waals surface area (Å²) in [6, 6.07) is 0. The molecule has 1 atom stereocenters. The van der Waals surface area contributed by atoms with Gasteiger partial charge in [-0.3, -0.25) is 0 Å². The maximum Gasteiger partial charge on any atom is 0.0575 e. The largest absolute Gasteiger partial charge is 0.316 e. The summed E-state index contributed by atoms with van der Waals surface area (Å²) in [6.07, 6.45) is 5.46. The number of unbranched alkanes of at least 4 members (excludes halogenated alkanes) is 1. The van der Waals surface area contributed by atoms with E-state index in [-0.39, 0.29) is 6.17 Å². The lowest BCUT2D eigenvalue weighted by molar-refractivity contribution is 0.469. The van der Waals surface area contributed by atoms with Gasteiger partial charge in [0.1, 0.15) is 0 Å². The standard InChI is InChI=1S/C8H18N2/c1-2-3-6-10-8(9)7-4-5-7/h7-8,10H,2-6,9H2,1H3. The summed E-state index contributed by atoms with van der Waals surface area (Å²) in [5, 5.41) is 3.32. The average molecular weight is 142 g/mol. The molecular formula is C8H18N2. The second kappa shape index (κ2) is 3.94. The van der Waals surface area contributed by atoms with Crippen LogP contribution in [0.15, 0.2) is 0 Å². The number of nitrogens with two attached hydrogens (primary N) is 1. The molecule has 0 aromatic rings. The fourth-order valence-electron chi connectivity index (χ4n) is 1.07. The van der Waals surface area contributed by atoms with E-state index in [0.717, 1.165) is 12.5 Å². The molecule has 0 aliphatic heterocycles. The highest BCUT2D eigenvalue weighted by Crippen LogP contribution is 2.30. The van der Waals surface area contributed by atoms with Crippen molar-refractivity contribution in [2.24, 2.45) is 11.7 Å². The Hall–Kier alpha value is -0.0800. The Kier molecular flexibility index (Phi) is 3.16. The van der Waals surface area contributed by atoms with Crippen molar-refractivity contribution in [2.45, 2.75) is 38.8 Å². The molecule has 1 rings (SSSR count). The van der Waals surface area contributed by atoms with Gasteiger partial charge in [-0.25, -0.2) is 0 Å². The molecule has 0 amide bonds. The van der Waals surface area contributed by atoms with Crippen LogP contribution in [0.2, 0.25) is 0 Å². The summed E-state index contributed by atoms with van der Waals surface area (Å²) in [6.45, 7) is 3.29. The summed E-state index contributed by atoms with van der Waals surface area (Å²) in [4.78, 5) is 0. The quantitative estimate of drug-likeness (QED) is 0.445. The van der Waals surface area contributed by atoms with Gasteiger partial charge in [0.15, 0.2) is 0 Å². The molecule has 3 N–H and O–H groups in total. The lowest BCUT2D eigenvalue weighted by Gasteiger charge is -2.11. The highest BCUT2D eigenvalue weighted by atomic mass is 15.0. The molecule has 0 aromatic heterocycles. The first kappa shape index (κ1) is 8.02. The first-order chi connectivity index (χ1) is 4.84. The molecule has 1 fully saturated rings. The summed E-state index contributed by atoms with van der Waals surface area (Å²) in [5.41, 5.74) is 5.81. The van der Waals surface area contributed by atoms with Crippen LogP contribution in [0.5, 0.6) is 0 Å². The van der Waals surface area contributed by atoms with Crippen molar-refractivity contribution in [3.8, 4) is 0 Å². The fraction of sp³-hybridized carbons (Fsp3) is 1.00. The van der Waals surface area contributed by atoms with Gasteiger partial charge in [0.25, 0.3) is 0 Å². The zero-order chi connectivity index (χ0) is 7.40. The first-order valence-electron chi connectivity index (χ1n) is 4.33. The molecule has 1 unspecified atom stereocenters. The third-order valence-corrected chi connectivity index (χ3v) is 2.04. The maximum absolute atomic E-state index is 5.81. The lowest BCUT2D eigenvalue weighted by atomic mass is 10.3. The van der Waals surface area contributed by atoms with Gasteiger partial charge in [-0.15, -0.1) is 0 Å². The average Bonchev–Trinajstić information content (AvgIpc) is 2.69. The van der Waals surface area contributed by atoms with Crippen molar-refractivity contribution in [1.29, 1.82) is 0 Å². The molecule has 0 spiro atoms. The van der Waals surface area contributed by atoms with E-state index in [0.29, 0.717) is 0 Å². The van der Waals surface area contributed by atoms with E-state index in [2.05, 4.69) is 12.2 Å². The van der Waals surface area contributed by atoms with Gasteiger partial charge < -0.3 is 11.1 Å².